The molecule has 0 bridgehead atoms. The van der Waals surface area contributed by atoms with Gasteiger partial charge in [-0.15, -0.1) is 0 Å². The van der Waals surface area contributed by atoms with Crippen LogP contribution < -0.4 is 10.1 Å². The molecule has 1 N–H and O–H groups in total. The van der Waals surface area contributed by atoms with Gasteiger partial charge in [0, 0.05) is 12.1 Å². The van der Waals surface area contributed by atoms with Crippen molar-refractivity contribution in [3.05, 3.63) is 22.7 Å². The van der Waals surface area contributed by atoms with Gasteiger partial charge in [0.15, 0.2) is 0 Å². The molecule has 3 nitrogen and oxygen atoms in total. The zero-order valence-electron chi connectivity index (χ0n) is 8.84. The number of hydrogen-bond donors (Lipinski definition) is 1. The van der Waals surface area contributed by atoms with Gasteiger partial charge >= 0.3 is 0 Å². The van der Waals surface area contributed by atoms with Gasteiger partial charge in [-0.25, -0.2) is 0 Å². The molecule has 4 heteroatoms. The van der Waals surface area contributed by atoms with Crippen LogP contribution in [0.15, 0.2) is 12.1 Å². The molecule has 0 saturated carbocycles. The number of halogens is 1. The molecule has 2 rings (SSSR count). The monoisotopic (exact) mass is 227 g/mol. The highest BCUT2D eigenvalue weighted by Gasteiger charge is 2.20. The Morgan fingerprint density at radius 1 is 1.60 bits per heavy atom. The summed E-state index contributed by atoms with van der Waals surface area (Å²) in [6.45, 7) is 3.33. The normalized spacial score (nSPS) is 19.0. The molecular weight excluding hydrogens is 214 g/mol. The highest BCUT2D eigenvalue weighted by Crippen LogP contribution is 2.35. The van der Waals surface area contributed by atoms with Crippen molar-refractivity contribution in [3.8, 4) is 5.75 Å². The maximum atomic E-state index is 5.96. The van der Waals surface area contributed by atoms with Crippen molar-refractivity contribution in [1.82, 2.24) is 0 Å². The second-order valence-electron chi connectivity index (χ2n) is 3.68. The third-order valence-electron chi connectivity index (χ3n) is 2.40. The number of hydrogen-bond acceptors (Lipinski definition) is 3. The fourth-order valence-electron chi connectivity index (χ4n) is 1.73. The summed E-state index contributed by atoms with van der Waals surface area (Å²) in [6, 6.07) is 3.78. The molecule has 0 aromatic heterocycles. The van der Waals surface area contributed by atoms with Gasteiger partial charge in [0.2, 0.25) is 0 Å². The summed E-state index contributed by atoms with van der Waals surface area (Å²) < 4.78 is 10.9. The molecule has 1 aliphatic heterocycles. The second-order valence-corrected chi connectivity index (χ2v) is 4.11. The van der Waals surface area contributed by atoms with Gasteiger partial charge in [0.05, 0.1) is 18.8 Å². The van der Waals surface area contributed by atoms with Gasteiger partial charge < -0.3 is 14.8 Å². The third-order valence-corrected chi connectivity index (χ3v) is 2.61. The van der Waals surface area contributed by atoms with Gasteiger partial charge in [0.25, 0.3) is 0 Å². The molecule has 15 heavy (non-hydrogen) atoms. The van der Waals surface area contributed by atoms with E-state index in [1.807, 2.05) is 19.1 Å². The Morgan fingerprint density at radius 3 is 3.13 bits per heavy atom. The molecule has 0 spiro atoms. The van der Waals surface area contributed by atoms with Crippen LogP contribution in [0.1, 0.15) is 5.56 Å². The Labute approximate surface area is 94.3 Å². The fraction of sp³-hybridized carbons (Fsp3) is 0.455. The number of methoxy groups -OCH3 is 1. The Morgan fingerprint density at radius 2 is 2.40 bits per heavy atom. The Balaban J connectivity index is 2.25. The van der Waals surface area contributed by atoms with Crippen LogP contribution in [-0.4, -0.2) is 26.4 Å². The van der Waals surface area contributed by atoms with E-state index in [2.05, 4.69) is 5.32 Å². The number of anilines is 1. The van der Waals surface area contributed by atoms with Crippen LogP contribution in [0.3, 0.4) is 0 Å². The number of rotatable bonds is 2. The highest BCUT2D eigenvalue weighted by atomic mass is 35.5. The number of ether oxygens (including phenoxy) is 2. The Kier molecular flexibility index (Phi) is 3.03. The molecule has 0 radical (unpaired) electrons. The predicted molar refractivity (Wildman–Crippen MR) is 61.0 cm³/mol. The van der Waals surface area contributed by atoms with E-state index in [9.17, 15) is 0 Å². The molecule has 1 aromatic rings. The SMILES string of the molecule is COCC1CNc2cc(Cl)cc(C)c2O1. The van der Waals surface area contributed by atoms with Crippen molar-refractivity contribution >= 4 is 17.3 Å². The summed E-state index contributed by atoms with van der Waals surface area (Å²) in [4.78, 5) is 0. The van der Waals surface area contributed by atoms with Crippen molar-refractivity contribution in [1.29, 1.82) is 0 Å². The largest absolute Gasteiger partial charge is 0.484 e. The van der Waals surface area contributed by atoms with E-state index >= 15 is 0 Å². The van der Waals surface area contributed by atoms with Gasteiger partial charge in [-0.05, 0) is 24.6 Å². The van der Waals surface area contributed by atoms with Crippen LogP contribution in [0.25, 0.3) is 0 Å². The fourth-order valence-corrected chi connectivity index (χ4v) is 2.00. The first-order valence-corrected chi connectivity index (χ1v) is 5.28. The molecule has 0 aliphatic carbocycles. The molecular formula is C11H14ClNO2. The molecule has 1 unspecified atom stereocenters. The molecule has 82 valence electrons. The van der Waals surface area contributed by atoms with Crippen molar-refractivity contribution in [3.63, 3.8) is 0 Å². The van der Waals surface area contributed by atoms with Crippen LogP contribution in [-0.2, 0) is 4.74 Å². The predicted octanol–water partition coefficient (Wildman–Crippen LogP) is 2.47. The zero-order chi connectivity index (χ0) is 10.8. The van der Waals surface area contributed by atoms with Crippen molar-refractivity contribution in [2.75, 3.05) is 25.6 Å². The van der Waals surface area contributed by atoms with E-state index in [0.717, 1.165) is 28.6 Å². The molecule has 1 aliphatic rings. The summed E-state index contributed by atoms with van der Waals surface area (Å²) in [5.41, 5.74) is 2.01. The standard InChI is InChI=1S/C11H14ClNO2/c1-7-3-8(12)4-10-11(7)15-9(5-13-10)6-14-2/h3-4,9,13H,5-6H2,1-2H3. The van der Waals surface area contributed by atoms with E-state index in [-0.39, 0.29) is 6.10 Å². The summed E-state index contributed by atoms with van der Waals surface area (Å²) in [7, 11) is 1.67. The first-order chi connectivity index (χ1) is 7.20. The van der Waals surface area contributed by atoms with E-state index in [0.29, 0.717) is 6.61 Å². The van der Waals surface area contributed by atoms with Crippen LogP contribution in [0, 0.1) is 6.92 Å². The van der Waals surface area contributed by atoms with Crippen LogP contribution >= 0.6 is 11.6 Å². The van der Waals surface area contributed by atoms with E-state index < -0.39 is 0 Å². The lowest BCUT2D eigenvalue weighted by atomic mass is 10.1. The smallest absolute Gasteiger partial charge is 0.146 e. The van der Waals surface area contributed by atoms with Gasteiger partial charge in [0.1, 0.15) is 11.9 Å². The minimum Gasteiger partial charge on any atom is -0.484 e. The lowest BCUT2D eigenvalue weighted by molar-refractivity contribution is 0.0843. The quantitative estimate of drug-likeness (QED) is 0.842. The number of benzene rings is 1. The van der Waals surface area contributed by atoms with Crippen molar-refractivity contribution in [2.45, 2.75) is 13.0 Å². The van der Waals surface area contributed by atoms with Gasteiger partial charge in [-0.2, -0.15) is 0 Å². The molecule has 0 amide bonds. The summed E-state index contributed by atoms with van der Waals surface area (Å²) in [5.74, 6) is 0.882. The maximum Gasteiger partial charge on any atom is 0.146 e. The molecule has 0 fully saturated rings. The minimum absolute atomic E-state index is 0.0716. The van der Waals surface area contributed by atoms with Crippen molar-refractivity contribution in [2.24, 2.45) is 0 Å². The number of fused-ring (bicyclic) bond motifs is 1. The zero-order valence-corrected chi connectivity index (χ0v) is 9.60. The lowest BCUT2D eigenvalue weighted by Gasteiger charge is -2.28. The molecule has 1 heterocycles. The van der Waals surface area contributed by atoms with Crippen molar-refractivity contribution < 1.29 is 9.47 Å². The minimum atomic E-state index is 0.0716. The average molecular weight is 228 g/mol. The van der Waals surface area contributed by atoms with Crippen LogP contribution in [0.4, 0.5) is 5.69 Å². The highest BCUT2D eigenvalue weighted by molar-refractivity contribution is 6.31. The van der Waals surface area contributed by atoms with Gasteiger partial charge in [-0.1, -0.05) is 11.6 Å². The molecule has 1 atom stereocenters. The maximum absolute atomic E-state index is 5.96. The number of aryl methyl sites for hydroxylation is 1. The van der Waals surface area contributed by atoms with Crippen LogP contribution in [0.2, 0.25) is 5.02 Å². The average Bonchev–Trinajstić information content (AvgIpc) is 2.19. The summed E-state index contributed by atoms with van der Waals surface area (Å²) in [6.07, 6.45) is 0.0716. The third kappa shape index (κ3) is 2.19. The van der Waals surface area contributed by atoms with Gasteiger partial charge in [-0.3, -0.25) is 0 Å². The first kappa shape index (κ1) is 10.6. The topological polar surface area (TPSA) is 30.5 Å². The molecule has 0 saturated heterocycles. The molecule has 1 aromatic carbocycles. The first-order valence-electron chi connectivity index (χ1n) is 4.90. The van der Waals surface area contributed by atoms with E-state index in [1.165, 1.54) is 0 Å². The van der Waals surface area contributed by atoms with E-state index in [1.54, 1.807) is 7.11 Å². The number of nitrogens with one attached hydrogen (secondary N) is 1. The van der Waals surface area contributed by atoms with E-state index in [4.69, 9.17) is 21.1 Å². The lowest BCUT2D eigenvalue weighted by Crippen LogP contribution is -2.34. The Hall–Kier alpha value is -0.930. The van der Waals surface area contributed by atoms with Crippen LogP contribution in [0.5, 0.6) is 5.75 Å². The Bertz CT molecular complexity index is 368. The second kappa shape index (κ2) is 4.29. The summed E-state index contributed by atoms with van der Waals surface area (Å²) in [5, 5.41) is 4.02. The summed E-state index contributed by atoms with van der Waals surface area (Å²) >= 11 is 5.96.